The van der Waals surface area contributed by atoms with Gasteiger partial charge in [0.1, 0.15) is 0 Å². The third-order valence-electron chi connectivity index (χ3n) is 3.12. The Hall–Kier alpha value is -0.820. The summed E-state index contributed by atoms with van der Waals surface area (Å²) in [5.41, 5.74) is 1.84. The van der Waals surface area contributed by atoms with Crippen LogP contribution in [0.5, 0.6) is 0 Å². The Morgan fingerprint density at radius 2 is 2.00 bits per heavy atom. The molecule has 0 radical (unpaired) electrons. The lowest BCUT2D eigenvalue weighted by Gasteiger charge is -2.10. The highest BCUT2D eigenvalue weighted by molar-refractivity contribution is 5.31. The van der Waals surface area contributed by atoms with Crippen molar-refractivity contribution in [2.75, 3.05) is 0 Å². The second kappa shape index (κ2) is 2.85. The number of rotatable bonds is 2. The van der Waals surface area contributed by atoms with Crippen molar-refractivity contribution in [3.63, 3.8) is 0 Å². The summed E-state index contributed by atoms with van der Waals surface area (Å²) >= 11 is 0. The molecule has 2 rings (SSSR count). The van der Waals surface area contributed by atoms with E-state index in [1.165, 1.54) is 5.56 Å². The zero-order valence-corrected chi connectivity index (χ0v) is 8.25. The quantitative estimate of drug-likeness (QED) is 0.734. The maximum atomic E-state index is 10.2. The zero-order valence-electron chi connectivity index (χ0n) is 8.25. The van der Waals surface area contributed by atoms with Crippen LogP contribution in [-0.2, 0) is 5.60 Å². The van der Waals surface area contributed by atoms with Gasteiger partial charge in [0.25, 0.3) is 0 Å². The fraction of sp³-hybridized carbons (Fsp3) is 0.500. The normalized spacial score (nSPS) is 31.8. The predicted molar refractivity (Wildman–Crippen MR) is 53.5 cm³/mol. The van der Waals surface area contributed by atoms with Crippen LogP contribution in [0.15, 0.2) is 24.3 Å². The molecule has 1 aromatic carbocycles. The molecule has 13 heavy (non-hydrogen) atoms. The summed E-state index contributed by atoms with van der Waals surface area (Å²) in [6.07, 6.45) is 2.01. The summed E-state index contributed by atoms with van der Waals surface area (Å²) in [5, 5.41) is 10.2. The van der Waals surface area contributed by atoms with E-state index in [2.05, 4.69) is 26.0 Å². The molecule has 1 aliphatic carbocycles. The molecule has 1 aromatic rings. The zero-order chi connectivity index (χ0) is 9.47. The van der Waals surface area contributed by atoms with E-state index < -0.39 is 5.60 Å². The van der Waals surface area contributed by atoms with Crippen LogP contribution in [0.2, 0.25) is 0 Å². The molecule has 0 spiro atoms. The predicted octanol–water partition coefficient (Wildman–Crippen LogP) is 2.61. The van der Waals surface area contributed by atoms with Crippen LogP contribution in [0.25, 0.3) is 0 Å². The van der Waals surface area contributed by atoms with Gasteiger partial charge in [0.05, 0.1) is 5.60 Å². The van der Waals surface area contributed by atoms with Gasteiger partial charge in [-0.1, -0.05) is 43.2 Å². The molecule has 0 aromatic heterocycles. The summed E-state index contributed by atoms with van der Waals surface area (Å²) in [6.45, 7) is 4.20. The molecule has 0 saturated heterocycles. The molecule has 1 heteroatoms. The van der Waals surface area contributed by atoms with E-state index in [1.54, 1.807) is 0 Å². The molecule has 1 saturated carbocycles. The smallest absolute Gasteiger partial charge is 0.0929 e. The van der Waals surface area contributed by atoms with E-state index in [1.807, 2.05) is 12.1 Å². The molecule has 0 heterocycles. The van der Waals surface area contributed by atoms with Crippen molar-refractivity contribution in [1.29, 1.82) is 0 Å². The van der Waals surface area contributed by atoms with Crippen molar-refractivity contribution >= 4 is 0 Å². The molecule has 2 unspecified atom stereocenters. The first kappa shape index (κ1) is 8.76. The van der Waals surface area contributed by atoms with Gasteiger partial charge in [0.2, 0.25) is 0 Å². The van der Waals surface area contributed by atoms with Crippen molar-refractivity contribution in [2.24, 2.45) is 5.92 Å². The third kappa shape index (κ3) is 1.37. The van der Waals surface area contributed by atoms with E-state index in [9.17, 15) is 5.11 Å². The molecule has 1 N–H and O–H groups in total. The van der Waals surface area contributed by atoms with Crippen LogP contribution < -0.4 is 0 Å². The first-order chi connectivity index (χ1) is 6.16. The molecule has 1 aliphatic rings. The van der Waals surface area contributed by atoms with Crippen LogP contribution in [0, 0.1) is 12.8 Å². The molecule has 0 aliphatic heterocycles. The SMILES string of the molecule is CCC1CC1(O)c1ccc(C)cc1. The number of benzene rings is 1. The Morgan fingerprint density at radius 3 is 2.46 bits per heavy atom. The van der Waals surface area contributed by atoms with Crippen LogP contribution in [0.4, 0.5) is 0 Å². The van der Waals surface area contributed by atoms with Crippen molar-refractivity contribution in [2.45, 2.75) is 32.3 Å². The largest absolute Gasteiger partial charge is 0.385 e. The van der Waals surface area contributed by atoms with Gasteiger partial charge in [-0.3, -0.25) is 0 Å². The van der Waals surface area contributed by atoms with Crippen molar-refractivity contribution in [3.8, 4) is 0 Å². The minimum atomic E-state index is -0.498. The molecular formula is C12H16O. The van der Waals surface area contributed by atoms with Crippen molar-refractivity contribution < 1.29 is 5.11 Å². The van der Waals surface area contributed by atoms with Gasteiger partial charge in [0, 0.05) is 0 Å². The second-order valence-corrected chi connectivity index (χ2v) is 4.10. The number of aryl methyl sites for hydroxylation is 1. The lowest BCUT2D eigenvalue weighted by molar-refractivity contribution is 0.130. The summed E-state index contributed by atoms with van der Waals surface area (Å²) in [6, 6.07) is 8.23. The lowest BCUT2D eigenvalue weighted by Crippen LogP contribution is -2.07. The van der Waals surface area contributed by atoms with Gasteiger partial charge in [-0.15, -0.1) is 0 Å². The van der Waals surface area contributed by atoms with Gasteiger partial charge in [-0.25, -0.2) is 0 Å². The first-order valence-electron chi connectivity index (χ1n) is 4.96. The minimum Gasteiger partial charge on any atom is -0.385 e. The van der Waals surface area contributed by atoms with E-state index in [0.29, 0.717) is 5.92 Å². The molecule has 2 atom stereocenters. The molecule has 0 bridgehead atoms. The van der Waals surface area contributed by atoms with Crippen molar-refractivity contribution in [3.05, 3.63) is 35.4 Å². The third-order valence-corrected chi connectivity index (χ3v) is 3.12. The van der Waals surface area contributed by atoms with Crippen LogP contribution in [0.1, 0.15) is 30.9 Å². The monoisotopic (exact) mass is 176 g/mol. The van der Waals surface area contributed by atoms with Gasteiger partial charge < -0.3 is 5.11 Å². The van der Waals surface area contributed by atoms with E-state index in [0.717, 1.165) is 18.4 Å². The van der Waals surface area contributed by atoms with Gasteiger partial charge in [-0.05, 0) is 24.8 Å². The van der Waals surface area contributed by atoms with Gasteiger partial charge in [-0.2, -0.15) is 0 Å². The Kier molecular flexibility index (Phi) is 1.92. The number of hydrogen-bond donors (Lipinski definition) is 1. The van der Waals surface area contributed by atoms with E-state index in [4.69, 9.17) is 0 Å². The summed E-state index contributed by atoms with van der Waals surface area (Å²) in [7, 11) is 0. The van der Waals surface area contributed by atoms with Crippen LogP contribution >= 0.6 is 0 Å². The Balaban J connectivity index is 2.23. The standard InChI is InChI=1S/C12H16O/c1-3-10-8-12(10,13)11-6-4-9(2)5-7-11/h4-7,10,13H,3,8H2,1-2H3. The number of hydrogen-bond acceptors (Lipinski definition) is 1. The highest BCUT2D eigenvalue weighted by Crippen LogP contribution is 2.53. The van der Waals surface area contributed by atoms with E-state index in [-0.39, 0.29) is 0 Å². The Bertz CT molecular complexity index is 301. The highest BCUT2D eigenvalue weighted by Gasteiger charge is 2.52. The molecule has 70 valence electrons. The van der Waals surface area contributed by atoms with E-state index >= 15 is 0 Å². The summed E-state index contributed by atoms with van der Waals surface area (Å²) < 4.78 is 0. The Morgan fingerprint density at radius 1 is 1.38 bits per heavy atom. The fourth-order valence-corrected chi connectivity index (χ4v) is 1.99. The minimum absolute atomic E-state index is 0.482. The first-order valence-corrected chi connectivity index (χ1v) is 4.96. The van der Waals surface area contributed by atoms with Crippen LogP contribution in [-0.4, -0.2) is 5.11 Å². The summed E-state index contributed by atoms with van der Waals surface area (Å²) in [4.78, 5) is 0. The fourth-order valence-electron chi connectivity index (χ4n) is 1.99. The topological polar surface area (TPSA) is 20.2 Å². The van der Waals surface area contributed by atoms with Crippen LogP contribution in [0.3, 0.4) is 0 Å². The average molecular weight is 176 g/mol. The lowest BCUT2D eigenvalue weighted by atomic mass is 10.0. The molecular weight excluding hydrogens is 160 g/mol. The maximum Gasteiger partial charge on any atom is 0.0929 e. The highest BCUT2D eigenvalue weighted by atomic mass is 16.3. The maximum absolute atomic E-state index is 10.2. The van der Waals surface area contributed by atoms with Gasteiger partial charge >= 0.3 is 0 Å². The molecule has 0 amide bonds. The molecule has 1 fully saturated rings. The van der Waals surface area contributed by atoms with Gasteiger partial charge in [0.15, 0.2) is 0 Å². The average Bonchev–Trinajstić information content (AvgIpc) is 2.80. The van der Waals surface area contributed by atoms with Crippen molar-refractivity contribution in [1.82, 2.24) is 0 Å². The Labute approximate surface area is 79.4 Å². The summed E-state index contributed by atoms with van der Waals surface area (Å²) in [5.74, 6) is 0.482. The number of aliphatic hydroxyl groups is 1. The molecule has 1 nitrogen and oxygen atoms in total. The second-order valence-electron chi connectivity index (χ2n) is 4.10.